The maximum absolute atomic E-state index is 13.7. The summed E-state index contributed by atoms with van der Waals surface area (Å²) in [5.41, 5.74) is -1.50. The first-order valence-corrected chi connectivity index (χ1v) is 18.3. The summed E-state index contributed by atoms with van der Waals surface area (Å²) in [4.78, 5) is 118. The number of hydroxylamine groups is 2. The summed E-state index contributed by atoms with van der Waals surface area (Å²) < 4.78 is 59.9. The van der Waals surface area contributed by atoms with Gasteiger partial charge in [0.15, 0.2) is 36.8 Å². The molecule has 0 spiro atoms. The summed E-state index contributed by atoms with van der Waals surface area (Å²) >= 11 is 0.688. The van der Waals surface area contributed by atoms with E-state index >= 15 is 0 Å². The highest BCUT2D eigenvalue weighted by Crippen LogP contribution is 2.42. The van der Waals surface area contributed by atoms with Gasteiger partial charge in [-0.25, -0.2) is 9.86 Å². The van der Waals surface area contributed by atoms with Crippen LogP contribution in [0.1, 0.15) is 55.4 Å². The van der Waals surface area contributed by atoms with E-state index in [1.54, 1.807) is 0 Å². The van der Waals surface area contributed by atoms with E-state index in [-0.39, 0.29) is 0 Å². The Labute approximate surface area is 337 Å². The van der Waals surface area contributed by atoms with Crippen LogP contribution in [0.5, 0.6) is 0 Å². The standard InChI is InChI=1S/C34H50N2O21S/c1-15(37)48-12-22-24(50-17(3)39)26(51-18(4)40)28(53-20(6)42)30(55-22)57-25-23(13-49-16(2)38)56-31(29(54-21(7)43)27(25)52-19(5)41)58-34(8,14-35-33(45)46-10)32(44)36(9)47-11/h22-31H,12-14H2,1-11H3,(H,35,45)/t22?,23?,24?,25?,26?,27?,28?,29?,30?,31?,34-/m0/s1. The molecule has 0 radical (unpaired) electrons. The minimum Gasteiger partial charge on any atom is -0.463 e. The van der Waals surface area contributed by atoms with Crippen LogP contribution in [0.3, 0.4) is 0 Å². The van der Waals surface area contributed by atoms with Crippen LogP contribution in [0.2, 0.25) is 0 Å². The highest BCUT2D eigenvalue weighted by Gasteiger charge is 2.58. The molecule has 0 aliphatic carbocycles. The fourth-order valence-corrected chi connectivity index (χ4v) is 7.16. The number of hydrogen-bond acceptors (Lipinski definition) is 22. The number of carbonyl (C=O) groups is 9. The molecule has 0 saturated carbocycles. The topological polar surface area (TPSA) is 280 Å². The Morgan fingerprint density at radius 1 is 0.603 bits per heavy atom. The van der Waals surface area contributed by atoms with Gasteiger partial charge in [-0.1, -0.05) is 0 Å². The molecule has 58 heavy (non-hydrogen) atoms. The van der Waals surface area contributed by atoms with Crippen molar-refractivity contribution in [3.05, 3.63) is 0 Å². The van der Waals surface area contributed by atoms with E-state index in [9.17, 15) is 43.2 Å². The van der Waals surface area contributed by atoms with Crippen LogP contribution < -0.4 is 5.32 Å². The summed E-state index contributed by atoms with van der Waals surface area (Å²) in [5, 5.41) is 3.28. The van der Waals surface area contributed by atoms with Crippen LogP contribution in [-0.4, -0.2) is 165 Å². The summed E-state index contributed by atoms with van der Waals surface area (Å²) in [7, 11) is 3.59. The average Bonchev–Trinajstić information content (AvgIpc) is 3.11. The minimum absolute atomic E-state index is 0.430. The zero-order valence-electron chi connectivity index (χ0n) is 33.8. The lowest BCUT2D eigenvalue weighted by Gasteiger charge is -2.49. The number of nitrogens with zero attached hydrogens (tertiary/aromatic N) is 1. The molecule has 2 aliphatic rings. The number of alkyl carbamates (subject to hydrolysis) is 1. The van der Waals surface area contributed by atoms with Crippen molar-refractivity contribution in [2.24, 2.45) is 0 Å². The Hall–Kier alpha value is -4.78. The molecule has 2 aliphatic heterocycles. The molecule has 328 valence electrons. The summed E-state index contributed by atoms with van der Waals surface area (Å²) in [5.74, 6) is -7.03. The number of methoxy groups -OCH3 is 1. The number of rotatable bonds is 17. The van der Waals surface area contributed by atoms with Gasteiger partial charge in [0, 0.05) is 62.1 Å². The van der Waals surface area contributed by atoms with Crippen molar-refractivity contribution in [1.29, 1.82) is 0 Å². The predicted molar refractivity (Wildman–Crippen MR) is 189 cm³/mol. The molecule has 10 unspecified atom stereocenters. The third kappa shape index (κ3) is 14.6. The zero-order chi connectivity index (χ0) is 44.1. The summed E-state index contributed by atoms with van der Waals surface area (Å²) in [6, 6.07) is 0. The third-order valence-corrected chi connectivity index (χ3v) is 9.48. The van der Waals surface area contributed by atoms with E-state index in [4.69, 9.17) is 52.2 Å². The molecule has 1 N–H and O–H groups in total. The third-order valence-electron chi connectivity index (χ3n) is 8.03. The molecular weight excluding hydrogens is 804 g/mol. The van der Waals surface area contributed by atoms with E-state index in [0.29, 0.717) is 11.8 Å². The second-order valence-corrected chi connectivity index (χ2v) is 14.4. The minimum atomic E-state index is -1.89. The van der Waals surface area contributed by atoms with Crippen molar-refractivity contribution in [3.63, 3.8) is 0 Å². The first-order valence-electron chi connectivity index (χ1n) is 17.4. The molecule has 0 aromatic heterocycles. The van der Waals surface area contributed by atoms with Crippen LogP contribution in [0, 0.1) is 0 Å². The fourth-order valence-electron chi connectivity index (χ4n) is 5.72. The largest absolute Gasteiger partial charge is 0.463 e. The lowest BCUT2D eigenvalue weighted by Crippen LogP contribution is -2.67. The zero-order valence-corrected chi connectivity index (χ0v) is 34.6. The highest BCUT2D eigenvalue weighted by atomic mass is 32.2. The number of ether oxygens (including phenoxy) is 11. The van der Waals surface area contributed by atoms with Crippen LogP contribution in [-0.2, 0) is 95.3 Å². The van der Waals surface area contributed by atoms with Gasteiger partial charge < -0.3 is 57.4 Å². The molecule has 11 atom stereocenters. The molecule has 2 amide bonds. The monoisotopic (exact) mass is 854 g/mol. The molecule has 24 heteroatoms. The first kappa shape index (κ1) is 49.4. The van der Waals surface area contributed by atoms with Gasteiger partial charge in [-0.05, 0) is 6.92 Å². The molecule has 2 saturated heterocycles. The Bertz CT molecular complexity index is 1530. The number of esters is 7. The molecular formula is C34H50N2O21S. The molecule has 2 heterocycles. The second kappa shape index (κ2) is 22.4. The lowest BCUT2D eigenvalue weighted by atomic mass is 9.96. The van der Waals surface area contributed by atoms with E-state index in [1.165, 1.54) is 21.1 Å². The fraction of sp³-hybridized carbons (Fsp3) is 0.735. The van der Waals surface area contributed by atoms with Gasteiger partial charge in [-0.15, -0.1) is 11.8 Å². The van der Waals surface area contributed by atoms with Crippen LogP contribution >= 0.6 is 11.8 Å². The van der Waals surface area contributed by atoms with Gasteiger partial charge in [0.2, 0.25) is 0 Å². The van der Waals surface area contributed by atoms with Crippen molar-refractivity contribution < 1.29 is 100 Å². The van der Waals surface area contributed by atoms with Gasteiger partial charge in [0.25, 0.3) is 5.91 Å². The van der Waals surface area contributed by atoms with E-state index in [1.807, 2.05) is 0 Å². The van der Waals surface area contributed by atoms with Gasteiger partial charge in [0.1, 0.15) is 41.7 Å². The van der Waals surface area contributed by atoms with Crippen molar-refractivity contribution >= 4 is 65.5 Å². The molecule has 2 rings (SSSR count). The second-order valence-electron chi connectivity index (χ2n) is 12.8. The lowest BCUT2D eigenvalue weighted by molar-refractivity contribution is -0.341. The van der Waals surface area contributed by atoms with Gasteiger partial charge in [-0.3, -0.25) is 43.2 Å². The quantitative estimate of drug-likeness (QED) is 0.109. The predicted octanol–water partition coefficient (Wildman–Crippen LogP) is -0.526. The Kier molecular flexibility index (Phi) is 19.1. The van der Waals surface area contributed by atoms with E-state index < -0.39 is 139 Å². The smallest absolute Gasteiger partial charge is 0.406 e. The van der Waals surface area contributed by atoms with Crippen molar-refractivity contribution in [2.75, 3.05) is 41.0 Å². The molecule has 0 aromatic rings. The molecule has 2 fully saturated rings. The van der Waals surface area contributed by atoms with E-state index in [0.717, 1.165) is 60.6 Å². The van der Waals surface area contributed by atoms with Crippen molar-refractivity contribution in [3.8, 4) is 0 Å². The highest BCUT2D eigenvalue weighted by molar-refractivity contribution is 8.01. The maximum Gasteiger partial charge on any atom is 0.406 e. The Morgan fingerprint density at radius 2 is 1.03 bits per heavy atom. The number of hydrogen-bond donors (Lipinski definition) is 1. The SMILES string of the molecule is COC(=O)NC[C@](C)(SC1OC(COC(C)=O)C(OC2OC(COC(C)=O)C(OC(C)=O)C(OC(C)=O)C2OC(C)=O)C(OC(C)=O)C1OC(C)=O)C(=O)N(C)OC. The van der Waals surface area contributed by atoms with Crippen LogP contribution in [0.25, 0.3) is 0 Å². The van der Waals surface area contributed by atoms with Gasteiger partial charge in [0.05, 0.1) is 14.2 Å². The van der Waals surface area contributed by atoms with Crippen molar-refractivity contribution in [2.45, 2.75) is 121 Å². The Balaban J connectivity index is 2.86. The molecule has 23 nitrogen and oxygen atoms in total. The molecule has 0 aromatic carbocycles. The number of amides is 2. The van der Waals surface area contributed by atoms with Gasteiger partial charge in [-0.2, -0.15) is 0 Å². The summed E-state index contributed by atoms with van der Waals surface area (Å²) in [6.07, 6.45) is -15.9. The number of thioether (sulfide) groups is 1. The van der Waals surface area contributed by atoms with Crippen LogP contribution in [0.4, 0.5) is 4.79 Å². The molecule has 0 bridgehead atoms. The summed E-state index contributed by atoms with van der Waals surface area (Å²) in [6.45, 7) is 6.89. The average molecular weight is 855 g/mol. The number of carbonyl (C=O) groups excluding carboxylic acids is 9. The number of nitrogens with one attached hydrogen (secondary N) is 1. The van der Waals surface area contributed by atoms with Crippen molar-refractivity contribution in [1.82, 2.24) is 10.4 Å². The Morgan fingerprint density at radius 3 is 1.48 bits per heavy atom. The van der Waals surface area contributed by atoms with E-state index in [2.05, 4.69) is 10.1 Å². The normalized spacial score (nSPS) is 27.6. The van der Waals surface area contributed by atoms with Crippen LogP contribution in [0.15, 0.2) is 0 Å². The first-order chi connectivity index (χ1) is 27.0. The maximum atomic E-state index is 13.7. The van der Waals surface area contributed by atoms with Gasteiger partial charge >= 0.3 is 47.9 Å².